The molecular weight excluding hydrogens is 339 g/mol. The van der Waals surface area contributed by atoms with E-state index in [-0.39, 0.29) is 6.03 Å². The first-order valence-corrected chi connectivity index (χ1v) is 6.66. The third kappa shape index (κ3) is 4.03. The fourth-order valence-corrected chi connectivity index (χ4v) is 1.85. The van der Waals surface area contributed by atoms with Crippen LogP contribution in [0.1, 0.15) is 5.56 Å². The van der Waals surface area contributed by atoms with Crippen molar-refractivity contribution in [2.24, 2.45) is 0 Å². The average Bonchev–Trinajstić information content (AvgIpc) is 2.40. The van der Waals surface area contributed by atoms with Gasteiger partial charge in [0.25, 0.3) is 0 Å². The zero-order chi connectivity index (χ0) is 12.8. The molecule has 2 amide bonds. The number of carbonyl (C=O) groups is 1. The zero-order valence-electron chi connectivity index (χ0n) is 9.69. The van der Waals surface area contributed by atoms with Gasteiger partial charge in [0, 0.05) is 15.8 Å². The summed E-state index contributed by atoms with van der Waals surface area (Å²) in [5.41, 5.74) is 1.87. The monoisotopic (exact) mass is 352 g/mol. The molecule has 2 rings (SSSR count). The Morgan fingerprint density at radius 2 is 1.67 bits per heavy atom. The van der Waals surface area contributed by atoms with Gasteiger partial charge in [0.05, 0.1) is 0 Å². The molecule has 3 nitrogen and oxygen atoms in total. The van der Waals surface area contributed by atoms with Crippen molar-refractivity contribution in [3.8, 4) is 0 Å². The summed E-state index contributed by atoms with van der Waals surface area (Å²) in [6.07, 6.45) is 0. The number of halogens is 1. The van der Waals surface area contributed by atoms with Crippen LogP contribution in [0.4, 0.5) is 10.5 Å². The summed E-state index contributed by atoms with van der Waals surface area (Å²) in [4.78, 5) is 11.6. The van der Waals surface area contributed by atoms with Gasteiger partial charge in [-0.25, -0.2) is 4.79 Å². The summed E-state index contributed by atoms with van der Waals surface area (Å²) in [7, 11) is 0. The molecule has 0 radical (unpaired) electrons. The van der Waals surface area contributed by atoms with Crippen molar-refractivity contribution in [2.45, 2.75) is 6.54 Å². The number of rotatable bonds is 3. The molecule has 0 bridgehead atoms. The van der Waals surface area contributed by atoms with E-state index in [1.54, 1.807) is 0 Å². The SMILES string of the molecule is O=C(NCc1ccccc1)Nc1ccc(I)cc1. The molecule has 0 atom stereocenters. The van der Waals surface area contributed by atoms with Gasteiger partial charge in [0.1, 0.15) is 0 Å². The molecule has 92 valence electrons. The highest BCUT2D eigenvalue weighted by Gasteiger charge is 2.01. The Bertz CT molecular complexity index is 511. The van der Waals surface area contributed by atoms with Gasteiger partial charge in [-0.1, -0.05) is 30.3 Å². The molecule has 0 saturated carbocycles. The Balaban J connectivity index is 1.84. The fourth-order valence-electron chi connectivity index (χ4n) is 1.49. The molecule has 0 aromatic heterocycles. The first-order chi connectivity index (χ1) is 8.74. The molecule has 18 heavy (non-hydrogen) atoms. The molecule has 2 N–H and O–H groups in total. The van der Waals surface area contributed by atoms with Gasteiger partial charge in [-0.15, -0.1) is 0 Å². The maximum atomic E-state index is 11.6. The number of anilines is 1. The second-order valence-corrected chi connectivity index (χ2v) is 5.05. The second kappa shape index (κ2) is 6.39. The van der Waals surface area contributed by atoms with Crippen molar-refractivity contribution in [1.29, 1.82) is 0 Å². The van der Waals surface area contributed by atoms with Crippen LogP contribution in [0.15, 0.2) is 54.6 Å². The summed E-state index contributed by atoms with van der Waals surface area (Å²) in [5, 5.41) is 5.60. The predicted octanol–water partition coefficient (Wildman–Crippen LogP) is 3.61. The molecule has 2 aromatic carbocycles. The summed E-state index contributed by atoms with van der Waals surface area (Å²) >= 11 is 2.23. The molecular formula is C14H13IN2O. The third-order valence-electron chi connectivity index (χ3n) is 2.40. The minimum Gasteiger partial charge on any atom is -0.334 e. The smallest absolute Gasteiger partial charge is 0.319 e. The van der Waals surface area contributed by atoms with E-state index in [1.165, 1.54) is 0 Å². The Morgan fingerprint density at radius 3 is 2.33 bits per heavy atom. The summed E-state index contributed by atoms with van der Waals surface area (Å²) in [5.74, 6) is 0. The molecule has 0 aliphatic heterocycles. The summed E-state index contributed by atoms with van der Waals surface area (Å²) in [6.45, 7) is 0.525. The first kappa shape index (κ1) is 12.9. The highest BCUT2D eigenvalue weighted by atomic mass is 127. The van der Waals surface area contributed by atoms with Crippen LogP contribution < -0.4 is 10.6 Å². The van der Waals surface area contributed by atoms with Crippen LogP contribution >= 0.6 is 22.6 Å². The fraction of sp³-hybridized carbons (Fsp3) is 0.0714. The zero-order valence-corrected chi connectivity index (χ0v) is 11.8. The first-order valence-electron chi connectivity index (χ1n) is 5.58. The number of carbonyl (C=O) groups excluding carboxylic acids is 1. The molecule has 0 heterocycles. The topological polar surface area (TPSA) is 41.1 Å². The van der Waals surface area contributed by atoms with Crippen LogP contribution in [-0.2, 0) is 6.54 Å². The van der Waals surface area contributed by atoms with Crippen LogP contribution in [-0.4, -0.2) is 6.03 Å². The maximum Gasteiger partial charge on any atom is 0.319 e. The number of hydrogen-bond donors (Lipinski definition) is 2. The third-order valence-corrected chi connectivity index (χ3v) is 3.12. The van der Waals surface area contributed by atoms with Crippen LogP contribution in [0.3, 0.4) is 0 Å². The van der Waals surface area contributed by atoms with Gasteiger partial charge >= 0.3 is 6.03 Å². The van der Waals surface area contributed by atoms with Gasteiger partial charge in [0.2, 0.25) is 0 Å². The van der Waals surface area contributed by atoms with E-state index in [2.05, 4.69) is 33.2 Å². The van der Waals surface area contributed by atoms with Crippen LogP contribution in [0.5, 0.6) is 0 Å². The minimum absolute atomic E-state index is 0.194. The van der Waals surface area contributed by atoms with Crippen molar-refractivity contribution in [3.05, 3.63) is 63.7 Å². The van der Waals surface area contributed by atoms with Gasteiger partial charge in [-0.2, -0.15) is 0 Å². The van der Waals surface area contributed by atoms with Crippen LogP contribution in [0, 0.1) is 3.57 Å². The number of urea groups is 1. The molecule has 0 aliphatic rings. The lowest BCUT2D eigenvalue weighted by Crippen LogP contribution is -2.28. The lowest BCUT2D eigenvalue weighted by Gasteiger charge is -2.07. The van der Waals surface area contributed by atoms with E-state index in [1.807, 2.05) is 54.6 Å². The molecule has 0 fully saturated rings. The highest BCUT2D eigenvalue weighted by Crippen LogP contribution is 2.10. The normalized spacial score (nSPS) is 9.83. The predicted molar refractivity (Wildman–Crippen MR) is 81.5 cm³/mol. The molecule has 0 saturated heterocycles. The second-order valence-electron chi connectivity index (χ2n) is 3.80. The maximum absolute atomic E-state index is 11.6. The Hall–Kier alpha value is -1.56. The lowest BCUT2D eigenvalue weighted by atomic mass is 10.2. The molecule has 4 heteroatoms. The Kier molecular flexibility index (Phi) is 4.58. The van der Waals surface area contributed by atoms with Crippen molar-refractivity contribution >= 4 is 34.3 Å². The van der Waals surface area contributed by atoms with E-state index >= 15 is 0 Å². The van der Waals surface area contributed by atoms with E-state index in [0.717, 1.165) is 14.8 Å². The Morgan fingerprint density at radius 1 is 1.00 bits per heavy atom. The van der Waals surface area contributed by atoms with Gasteiger partial charge in [0.15, 0.2) is 0 Å². The lowest BCUT2D eigenvalue weighted by molar-refractivity contribution is 0.251. The van der Waals surface area contributed by atoms with E-state index < -0.39 is 0 Å². The molecule has 2 aromatic rings. The van der Waals surface area contributed by atoms with E-state index in [9.17, 15) is 4.79 Å². The summed E-state index contributed by atoms with van der Waals surface area (Å²) < 4.78 is 1.14. The number of hydrogen-bond acceptors (Lipinski definition) is 1. The van der Waals surface area contributed by atoms with Crippen LogP contribution in [0.2, 0.25) is 0 Å². The number of benzene rings is 2. The standard InChI is InChI=1S/C14H13IN2O/c15-12-6-8-13(9-7-12)17-14(18)16-10-11-4-2-1-3-5-11/h1-9H,10H2,(H2,16,17,18). The number of nitrogens with one attached hydrogen (secondary N) is 2. The van der Waals surface area contributed by atoms with Crippen LogP contribution in [0.25, 0.3) is 0 Å². The minimum atomic E-state index is -0.194. The van der Waals surface area contributed by atoms with Crippen molar-refractivity contribution < 1.29 is 4.79 Å². The average molecular weight is 352 g/mol. The molecule has 0 aliphatic carbocycles. The van der Waals surface area contributed by atoms with Gasteiger partial charge in [-0.3, -0.25) is 0 Å². The van der Waals surface area contributed by atoms with Crippen molar-refractivity contribution in [3.63, 3.8) is 0 Å². The highest BCUT2D eigenvalue weighted by molar-refractivity contribution is 14.1. The molecule has 0 unspecified atom stereocenters. The number of amides is 2. The van der Waals surface area contributed by atoms with E-state index in [0.29, 0.717) is 6.54 Å². The van der Waals surface area contributed by atoms with Crippen molar-refractivity contribution in [2.75, 3.05) is 5.32 Å². The van der Waals surface area contributed by atoms with E-state index in [4.69, 9.17) is 0 Å². The quantitative estimate of drug-likeness (QED) is 0.814. The van der Waals surface area contributed by atoms with Gasteiger partial charge in [-0.05, 0) is 52.4 Å². The molecule has 0 spiro atoms. The van der Waals surface area contributed by atoms with Crippen molar-refractivity contribution in [1.82, 2.24) is 5.32 Å². The van der Waals surface area contributed by atoms with Gasteiger partial charge < -0.3 is 10.6 Å². The largest absolute Gasteiger partial charge is 0.334 e. The Labute approximate surface area is 120 Å². The summed E-state index contributed by atoms with van der Waals surface area (Å²) in [6, 6.07) is 17.3.